The first-order chi connectivity index (χ1) is 5.74. The number of rotatable bonds is 5. The molecular formula is C8H16N2OS. The lowest BCUT2D eigenvalue weighted by Gasteiger charge is -2.04. The number of nitrogens with zero attached hydrogens (tertiary/aromatic N) is 1. The van der Waals surface area contributed by atoms with Gasteiger partial charge < -0.3 is 10.5 Å². The van der Waals surface area contributed by atoms with Gasteiger partial charge in [-0.15, -0.1) is 11.8 Å². The van der Waals surface area contributed by atoms with Gasteiger partial charge in [0, 0.05) is 12.3 Å². The smallest absolute Gasteiger partial charge is 0.0898 e. The molecule has 0 fully saturated rings. The van der Waals surface area contributed by atoms with Crippen LogP contribution in [-0.2, 0) is 0 Å². The highest BCUT2D eigenvalue weighted by Gasteiger charge is 1.96. The first kappa shape index (κ1) is 11.4. The van der Waals surface area contributed by atoms with Gasteiger partial charge in [-0.3, -0.25) is 0 Å². The van der Waals surface area contributed by atoms with E-state index in [0.29, 0.717) is 5.25 Å². The van der Waals surface area contributed by atoms with Crippen LogP contribution < -0.4 is 5.32 Å². The summed E-state index contributed by atoms with van der Waals surface area (Å²) in [6, 6.07) is 0. The van der Waals surface area contributed by atoms with Crippen LogP contribution >= 0.6 is 11.8 Å². The van der Waals surface area contributed by atoms with Crippen molar-refractivity contribution < 1.29 is 5.21 Å². The summed E-state index contributed by atoms with van der Waals surface area (Å²) in [5.74, 6) is 0. The highest BCUT2D eigenvalue weighted by Crippen LogP contribution is 2.15. The van der Waals surface area contributed by atoms with Crippen LogP contribution in [0.2, 0.25) is 0 Å². The quantitative estimate of drug-likeness (QED) is 0.394. The van der Waals surface area contributed by atoms with E-state index in [1.54, 1.807) is 18.8 Å². The molecule has 0 aliphatic rings. The molecule has 0 aromatic heterocycles. The van der Waals surface area contributed by atoms with Crippen molar-refractivity contribution in [3.63, 3.8) is 0 Å². The lowest BCUT2D eigenvalue weighted by Crippen LogP contribution is -2.06. The van der Waals surface area contributed by atoms with Crippen LogP contribution in [0.1, 0.15) is 20.3 Å². The van der Waals surface area contributed by atoms with E-state index < -0.39 is 0 Å². The normalized spacial score (nSPS) is 15.1. The lowest BCUT2D eigenvalue weighted by molar-refractivity contribution is 0.321. The number of nitrogens with one attached hydrogen (secondary N) is 1. The van der Waals surface area contributed by atoms with Crippen molar-refractivity contribution in [3.8, 4) is 0 Å². The van der Waals surface area contributed by atoms with Gasteiger partial charge in [-0.25, -0.2) is 0 Å². The fourth-order valence-electron chi connectivity index (χ4n) is 0.502. The van der Waals surface area contributed by atoms with Crippen molar-refractivity contribution in [3.05, 3.63) is 11.1 Å². The Kier molecular flexibility index (Phi) is 6.66. The van der Waals surface area contributed by atoms with Crippen molar-refractivity contribution in [1.29, 1.82) is 0 Å². The average molecular weight is 188 g/mol. The summed E-state index contributed by atoms with van der Waals surface area (Å²) in [6.45, 7) is 4.30. The summed E-state index contributed by atoms with van der Waals surface area (Å²) < 4.78 is 0. The van der Waals surface area contributed by atoms with Gasteiger partial charge in [-0.05, 0) is 11.8 Å². The van der Waals surface area contributed by atoms with Gasteiger partial charge in [0.2, 0.25) is 0 Å². The zero-order chi connectivity index (χ0) is 9.40. The average Bonchev–Trinajstić information content (AvgIpc) is 2.11. The molecule has 1 atom stereocenters. The molecule has 0 aromatic rings. The Morgan fingerprint density at radius 2 is 2.42 bits per heavy atom. The highest BCUT2D eigenvalue weighted by molar-refractivity contribution is 8.02. The summed E-state index contributed by atoms with van der Waals surface area (Å²) in [6.07, 6.45) is 2.52. The molecule has 0 bridgehead atoms. The van der Waals surface area contributed by atoms with Crippen LogP contribution in [0.4, 0.5) is 0 Å². The zero-order valence-corrected chi connectivity index (χ0v) is 8.56. The van der Waals surface area contributed by atoms with Crippen LogP contribution in [0, 0.1) is 0 Å². The molecule has 0 rings (SSSR count). The van der Waals surface area contributed by atoms with Crippen molar-refractivity contribution in [2.45, 2.75) is 25.5 Å². The fraction of sp³-hybridized carbons (Fsp3) is 0.625. The van der Waals surface area contributed by atoms with Crippen LogP contribution in [0.25, 0.3) is 0 Å². The van der Waals surface area contributed by atoms with Gasteiger partial charge in [-0.1, -0.05) is 19.0 Å². The minimum Gasteiger partial charge on any atom is -0.411 e. The van der Waals surface area contributed by atoms with Crippen LogP contribution in [0.15, 0.2) is 16.3 Å². The van der Waals surface area contributed by atoms with Crippen molar-refractivity contribution in [2.24, 2.45) is 5.16 Å². The van der Waals surface area contributed by atoms with E-state index in [1.807, 2.05) is 5.41 Å². The monoisotopic (exact) mass is 188 g/mol. The maximum atomic E-state index is 8.27. The second-order valence-corrected chi connectivity index (χ2v) is 3.74. The number of oxime groups is 1. The molecule has 3 nitrogen and oxygen atoms in total. The molecule has 2 N–H and O–H groups in total. The number of hydrogen-bond acceptors (Lipinski definition) is 4. The topological polar surface area (TPSA) is 44.6 Å². The molecule has 1 unspecified atom stereocenters. The molecule has 70 valence electrons. The lowest BCUT2D eigenvalue weighted by atomic mass is 10.4. The predicted octanol–water partition coefficient (Wildman–Crippen LogP) is 2.04. The van der Waals surface area contributed by atoms with Crippen LogP contribution in [0.5, 0.6) is 0 Å². The van der Waals surface area contributed by atoms with Crippen molar-refractivity contribution in [2.75, 3.05) is 7.05 Å². The fourth-order valence-corrected chi connectivity index (χ4v) is 1.25. The highest BCUT2D eigenvalue weighted by atomic mass is 32.2. The molecule has 0 heterocycles. The Morgan fingerprint density at radius 3 is 2.83 bits per heavy atom. The second kappa shape index (κ2) is 7.03. The molecule has 0 aliphatic carbocycles. The Labute approximate surface area is 77.9 Å². The molecule has 0 aromatic carbocycles. The van der Waals surface area contributed by atoms with Gasteiger partial charge >= 0.3 is 0 Å². The summed E-state index contributed by atoms with van der Waals surface area (Å²) in [5.41, 5.74) is 0.822. The van der Waals surface area contributed by atoms with Gasteiger partial charge in [0.1, 0.15) is 0 Å². The van der Waals surface area contributed by atoms with Crippen LogP contribution in [0.3, 0.4) is 0 Å². The minimum atomic E-state index is 0.598. The van der Waals surface area contributed by atoms with E-state index >= 15 is 0 Å². The molecule has 12 heavy (non-hydrogen) atoms. The van der Waals surface area contributed by atoms with E-state index in [4.69, 9.17) is 5.21 Å². The van der Waals surface area contributed by atoms with E-state index in [0.717, 1.165) is 12.1 Å². The Balaban J connectivity index is 3.93. The Bertz CT molecular complexity index is 168. The number of thioether (sulfide) groups is 1. The van der Waals surface area contributed by atoms with Crippen LogP contribution in [-0.4, -0.2) is 23.7 Å². The van der Waals surface area contributed by atoms with Gasteiger partial charge in [0.25, 0.3) is 0 Å². The summed E-state index contributed by atoms with van der Waals surface area (Å²) in [5, 5.41) is 16.7. The first-order valence-electron chi connectivity index (χ1n) is 3.95. The van der Waals surface area contributed by atoms with E-state index in [9.17, 15) is 0 Å². The maximum Gasteiger partial charge on any atom is 0.0898 e. The molecule has 0 amide bonds. The molecule has 0 aliphatic heterocycles. The van der Waals surface area contributed by atoms with E-state index in [1.165, 1.54) is 6.21 Å². The third kappa shape index (κ3) is 5.07. The Morgan fingerprint density at radius 1 is 1.75 bits per heavy atom. The Hall–Kier alpha value is -0.640. The third-order valence-corrected chi connectivity index (χ3v) is 2.68. The maximum absolute atomic E-state index is 8.27. The predicted molar refractivity (Wildman–Crippen MR) is 54.8 cm³/mol. The van der Waals surface area contributed by atoms with Gasteiger partial charge in [-0.2, -0.15) is 0 Å². The molecule has 0 saturated carbocycles. The minimum absolute atomic E-state index is 0.598. The van der Waals surface area contributed by atoms with Gasteiger partial charge in [0.15, 0.2) is 0 Å². The summed E-state index contributed by atoms with van der Waals surface area (Å²) in [7, 11) is 1.80. The molecule has 0 saturated heterocycles. The second-order valence-electron chi connectivity index (χ2n) is 2.42. The SMILES string of the molecule is CCC(C)S/C=C(/C=N\O)NC. The summed E-state index contributed by atoms with van der Waals surface area (Å²) in [4.78, 5) is 0. The third-order valence-electron chi connectivity index (χ3n) is 1.49. The first-order valence-corrected chi connectivity index (χ1v) is 4.89. The van der Waals surface area contributed by atoms with E-state index in [2.05, 4.69) is 24.3 Å². The molecule has 4 heteroatoms. The van der Waals surface area contributed by atoms with Crippen molar-refractivity contribution in [1.82, 2.24) is 5.32 Å². The van der Waals surface area contributed by atoms with Crippen molar-refractivity contribution >= 4 is 18.0 Å². The summed E-state index contributed by atoms with van der Waals surface area (Å²) >= 11 is 1.72. The standard InChI is InChI=1S/C8H16N2OS/c1-4-7(2)12-6-8(9-3)5-10-11/h5-7,9,11H,4H2,1-3H3/b8-6-,10-5-. The molecular weight excluding hydrogens is 172 g/mol. The van der Waals surface area contributed by atoms with E-state index in [-0.39, 0.29) is 0 Å². The number of allylic oxidation sites excluding steroid dienone is 1. The van der Waals surface area contributed by atoms with Gasteiger partial charge in [0.05, 0.1) is 11.9 Å². The molecule has 0 radical (unpaired) electrons. The largest absolute Gasteiger partial charge is 0.411 e. The zero-order valence-electron chi connectivity index (χ0n) is 7.74. The number of hydrogen-bond donors (Lipinski definition) is 2. The molecule has 0 spiro atoms.